The van der Waals surface area contributed by atoms with Gasteiger partial charge in [-0.15, -0.1) is 0 Å². The summed E-state index contributed by atoms with van der Waals surface area (Å²) in [5.74, 6) is -3.33. The molecule has 0 saturated carbocycles. The van der Waals surface area contributed by atoms with Crippen molar-refractivity contribution >= 4 is 66.7 Å². The average molecular weight is 723 g/mol. The summed E-state index contributed by atoms with van der Waals surface area (Å²) in [4.78, 5) is 58.3. The lowest BCUT2D eigenvalue weighted by Crippen LogP contribution is -2.47. The number of hydrogen-bond donors (Lipinski definition) is 0. The van der Waals surface area contributed by atoms with E-state index in [-0.39, 0.29) is 43.4 Å². The second-order valence-corrected chi connectivity index (χ2v) is 13.9. The van der Waals surface area contributed by atoms with Gasteiger partial charge in [-0.25, -0.2) is 0 Å². The number of fused-ring (bicyclic) bond motifs is 2. The molecule has 12 heteroatoms. The van der Waals surface area contributed by atoms with Gasteiger partial charge >= 0.3 is 12.4 Å². The van der Waals surface area contributed by atoms with Crippen LogP contribution in [0.3, 0.4) is 0 Å². The number of benzene rings is 5. The van der Waals surface area contributed by atoms with E-state index in [1.807, 2.05) is 13.8 Å². The van der Waals surface area contributed by atoms with Gasteiger partial charge in [0.15, 0.2) is 0 Å². The Labute approximate surface area is 295 Å². The molecule has 5 aromatic rings. The number of halogens is 6. The number of hydrogen-bond acceptors (Lipinski definition) is 4. The van der Waals surface area contributed by atoms with Gasteiger partial charge in [0.25, 0.3) is 23.6 Å². The molecular weight excluding hydrogens is 686 g/mol. The quantitative estimate of drug-likeness (QED) is 0.0622. The van der Waals surface area contributed by atoms with Gasteiger partial charge in [-0.05, 0) is 71.5 Å². The van der Waals surface area contributed by atoms with Crippen LogP contribution < -0.4 is 0 Å². The van der Waals surface area contributed by atoms with Crippen LogP contribution in [0.2, 0.25) is 0 Å². The highest BCUT2D eigenvalue weighted by atomic mass is 19.4. The SMILES string of the molecule is CCCCC(CC)N1C(=O)c2ccc3c4c(C(F)(F)F)cc5c6c(ccc(c7c(C(F)(F)F)cc(c2c37)C1=O)c64)C(=O)N(C(CC)CCCC)C5=O. The lowest BCUT2D eigenvalue weighted by Gasteiger charge is -2.36. The van der Waals surface area contributed by atoms with E-state index in [9.17, 15) is 19.2 Å². The normalized spacial score (nSPS) is 16.4. The van der Waals surface area contributed by atoms with Crippen molar-refractivity contribution in [3.8, 4) is 0 Å². The predicted octanol–water partition coefficient (Wildman–Crippen LogP) is 10.9. The average Bonchev–Trinajstić information content (AvgIpc) is 3.10. The maximum atomic E-state index is 15.2. The number of carbonyl (C=O) groups is 4. The first kappa shape index (κ1) is 35.7. The third kappa shape index (κ3) is 4.99. The molecule has 0 aliphatic carbocycles. The number of rotatable bonds is 10. The number of alkyl halides is 6. The Balaban J connectivity index is 1.65. The van der Waals surface area contributed by atoms with Crippen molar-refractivity contribution in [3.63, 3.8) is 0 Å². The molecule has 2 atom stereocenters. The lowest BCUT2D eigenvalue weighted by molar-refractivity contribution is -0.137. The zero-order valence-corrected chi connectivity index (χ0v) is 29.1. The van der Waals surface area contributed by atoms with Crippen LogP contribution in [-0.4, -0.2) is 45.5 Å². The minimum atomic E-state index is -5.09. The summed E-state index contributed by atoms with van der Waals surface area (Å²) in [6, 6.07) is 5.13. The van der Waals surface area contributed by atoms with E-state index in [0.717, 1.165) is 22.6 Å². The van der Waals surface area contributed by atoms with E-state index in [2.05, 4.69) is 0 Å². The summed E-state index contributed by atoms with van der Waals surface area (Å²) in [5, 5.41) is -2.44. The first-order valence-electron chi connectivity index (χ1n) is 17.8. The van der Waals surface area contributed by atoms with Crippen LogP contribution in [0.15, 0.2) is 36.4 Å². The molecule has 0 spiro atoms. The minimum Gasteiger partial charge on any atom is -0.271 e. The Morgan fingerprint density at radius 1 is 0.500 bits per heavy atom. The summed E-state index contributed by atoms with van der Waals surface area (Å²) in [6.45, 7) is 7.40. The Morgan fingerprint density at radius 3 is 1.15 bits per heavy atom. The molecule has 2 heterocycles. The summed E-state index contributed by atoms with van der Waals surface area (Å²) < 4.78 is 91.4. The maximum Gasteiger partial charge on any atom is 0.417 e. The third-order valence-corrected chi connectivity index (χ3v) is 11.0. The van der Waals surface area contributed by atoms with Crippen LogP contribution in [0, 0.1) is 0 Å². The molecule has 5 aromatic carbocycles. The Hall–Kier alpha value is -4.74. The van der Waals surface area contributed by atoms with Crippen LogP contribution in [0.4, 0.5) is 26.3 Å². The first-order chi connectivity index (χ1) is 24.6. The van der Waals surface area contributed by atoms with E-state index in [0.29, 0.717) is 50.7 Å². The van der Waals surface area contributed by atoms with E-state index in [4.69, 9.17) is 0 Å². The maximum absolute atomic E-state index is 15.2. The molecule has 2 aliphatic rings. The van der Waals surface area contributed by atoms with Crippen LogP contribution in [0.25, 0.3) is 43.1 Å². The molecular formula is C40H36F6N2O4. The zero-order chi connectivity index (χ0) is 37.6. The van der Waals surface area contributed by atoms with Gasteiger partial charge in [-0.2, -0.15) is 26.3 Å². The van der Waals surface area contributed by atoms with E-state index in [1.54, 1.807) is 13.8 Å². The third-order valence-electron chi connectivity index (χ3n) is 11.0. The van der Waals surface area contributed by atoms with Gasteiger partial charge in [-0.3, -0.25) is 29.0 Å². The smallest absolute Gasteiger partial charge is 0.271 e. The first-order valence-corrected chi connectivity index (χ1v) is 17.8. The number of unbranched alkanes of at least 4 members (excludes halogenated alkanes) is 2. The van der Waals surface area contributed by atoms with Gasteiger partial charge in [-0.1, -0.05) is 65.5 Å². The van der Waals surface area contributed by atoms with Crippen molar-refractivity contribution in [1.29, 1.82) is 0 Å². The predicted molar refractivity (Wildman–Crippen MR) is 186 cm³/mol. The minimum absolute atomic E-state index is 0.0837. The van der Waals surface area contributed by atoms with E-state index < -0.39 is 81.1 Å². The lowest BCUT2D eigenvalue weighted by atomic mass is 9.78. The number of nitrogens with zero attached hydrogens (tertiary/aromatic N) is 2. The molecule has 0 radical (unpaired) electrons. The molecule has 0 fully saturated rings. The highest BCUT2D eigenvalue weighted by Gasteiger charge is 2.45. The molecule has 0 bridgehead atoms. The Bertz CT molecular complexity index is 2180. The van der Waals surface area contributed by atoms with Crippen LogP contribution in [0.1, 0.15) is 132 Å². The highest BCUT2D eigenvalue weighted by molar-refractivity contribution is 6.42. The summed E-state index contributed by atoms with van der Waals surface area (Å²) in [5.41, 5.74) is -3.53. The van der Waals surface area contributed by atoms with Crippen LogP contribution >= 0.6 is 0 Å². The monoisotopic (exact) mass is 722 g/mol. The number of imide groups is 2. The van der Waals surface area contributed by atoms with Crippen molar-refractivity contribution in [3.05, 3.63) is 69.8 Å². The molecule has 0 N–H and O–H groups in total. The molecule has 2 aliphatic heterocycles. The van der Waals surface area contributed by atoms with Crippen molar-refractivity contribution in [1.82, 2.24) is 9.80 Å². The second-order valence-electron chi connectivity index (χ2n) is 13.9. The van der Waals surface area contributed by atoms with Crippen molar-refractivity contribution in [2.24, 2.45) is 0 Å². The second kappa shape index (κ2) is 12.4. The van der Waals surface area contributed by atoms with E-state index >= 15 is 26.3 Å². The summed E-state index contributed by atoms with van der Waals surface area (Å²) >= 11 is 0. The summed E-state index contributed by atoms with van der Waals surface area (Å²) in [7, 11) is 0. The molecule has 2 unspecified atom stereocenters. The fourth-order valence-electron chi connectivity index (χ4n) is 8.53. The van der Waals surface area contributed by atoms with Crippen LogP contribution in [0.5, 0.6) is 0 Å². The van der Waals surface area contributed by atoms with Gasteiger partial charge < -0.3 is 0 Å². The number of amides is 4. The zero-order valence-electron chi connectivity index (χ0n) is 29.1. The van der Waals surface area contributed by atoms with Gasteiger partial charge in [0, 0.05) is 55.9 Å². The van der Waals surface area contributed by atoms with Crippen molar-refractivity contribution < 1.29 is 45.5 Å². The molecule has 272 valence electrons. The van der Waals surface area contributed by atoms with Gasteiger partial charge in [0.05, 0.1) is 11.1 Å². The Morgan fingerprint density at radius 2 is 0.846 bits per heavy atom. The fourth-order valence-corrected chi connectivity index (χ4v) is 8.53. The molecule has 0 saturated heterocycles. The fraction of sp³-hybridized carbons (Fsp3) is 0.400. The molecule has 6 nitrogen and oxygen atoms in total. The highest BCUT2D eigenvalue weighted by Crippen LogP contribution is 2.53. The van der Waals surface area contributed by atoms with Gasteiger partial charge in [0.1, 0.15) is 0 Å². The van der Waals surface area contributed by atoms with Crippen LogP contribution in [-0.2, 0) is 12.4 Å². The molecule has 0 aromatic heterocycles. The summed E-state index contributed by atoms with van der Waals surface area (Å²) in [6.07, 6.45) is -5.75. The Kier molecular flexibility index (Phi) is 8.53. The van der Waals surface area contributed by atoms with Gasteiger partial charge in [0.2, 0.25) is 0 Å². The number of carbonyl (C=O) groups excluding carboxylic acids is 4. The molecule has 4 amide bonds. The molecule has 7 rings (SSSR count). The topological polar surface area (TPSA) is 74.8 Å². The molecule has 52 heavy (non-hydrogen) atoms. The van der Waals surface area contributed by atoms with E-state index in [1.165, 1.54) is 24.3 Å². The largest absolute Gasteiger partial charge is 0.417 e. The van der Waals surface area contributed by atoms with Crippen molar-refractivity contribution in [2.75, 3.05) is 0 Å². The van der Waals surface area contributed by atoms with Crippen molar-refractivity contribution in [2.45, 2.75) is 103 Å². The standard InChI is InChI=1S/C40H36F6N2O4/c1-5-9-11-19(7-3)47-35(49)23-15-13-21-32-28(40(44,45)46)18-26-30-24(36(50)48(38(26)52)20(8-4)12-10-6-2)16-14-22(34(30)32)31-27(39(41,42)43)17-25(37(47)51)29(23)33(21)31/h13-20H,5-12H2,1-4H3.